The molecule has 1 saturated heterocycles. The zero-order valence-corrected chi connectivity index (χ0v) is 17.1. The number of nitrogens with zero attached hydrogens (tertiary/aromatic N) is 1. The third-order valence-electron chi connectivity index (χ3n) is 5.04. The van der Waals surface area contributed by atoms with Crippen LogP contribution in [0.5, 0.6) is 5.75 Å². The molecular formula is C24H32N2O2. The molecule has 150 valence electrons. The number of rotatable bonds is 9. The Morgan fingerprint density at radius 3 is 2.29 bits per heavy atom. The van der Waals surface area contributed by atoms with Gasteiger partial charge in [0.15, 0.2) is 0 Å². The van der Waals surface area contributed by atoms with Gasteiger partial charge in [0.2, 0.25) is 0 Å². The average Bonchev–Trinajstić information content (AvgIpc) is 3.19. The number of carbonyl (C=O) groups is 1. The van der Waals surface area contributed by atoms with Gasteiger partial charge in [0.05, 0.1) is 6.10 Å². The summed E-state index contributed by atoms with van der Waals surface area (Å²) in [7, 11) is 0. The van der Waals surface area contributed by atoms with Gasteiger partial charge in [0, 0.05) is 18.7 Å². The number of aryl methyl sites for hydroxylation is 1. The number of benzene rings is 2. The second-order valence-electron chi connectivity index (χ2n) is 7.85. The van der Waals surface area contributed by atoms with Crippen molar-refractivity contribution in [3.63, 3.8) is 0 Å². The number of hydrogen-bond acceptors (Lipinski definition) is 3. The van der Waals surface area contributed by atoms with Crippen molar-refractivity contribution in [3.8, 4) is 5.75 Å². The highest BCUT2D eigenvalue weighted by Gasteiger charge is 2.12. The molecule has 4 nitrogen and oxygen atoms in total. The van der Waals surface area contributed by atoms with Crippen LogP contribution < -0.4 is 10.1 Å². The van der Waals surface area contributed by atoms with E-state index in [0.717, 1.165) is 30.7 Å². The largest absolute Gasteiger partial charge is 0.491 e. The van der Waals surface area contributed by atoms with E-state index in [2.05, 4.69) is 34.5 Å². The van der Waals surface area contributed by atoms with E-state index in [4.69, 9.17) is 4.74 Å². The van der Waals surface area contributed by atoms with Crippen LogP contribution in [-0.4, -0.2) is 36.5 Å². The summed E-state index contributed by atoms with van der Waals surface area (Å²) in [6.07, 6.45) is 4.66. The van der Waals surface area contributed by atoms with Gasteiger partial charge in [0.25, 0.3) is 5.91 Å². The van der Waals surface area contributed by atoms with Gasteiger partial charge in [-0.15, -0.1) is 0 Å². The highest BCUT2D eigenvalue weighted by Crippen LogP contribution is 2.15. The number of ether oxygens (including phenoxy) is 1. The summed E-state index contributed by atoms with van der Waals surface area (Å²) in [5.74, 6) is 0.911. The maximum Gasteiger partial charge on any atom is 0.251 e. The first-order chi connectivity index (χ1) is 13.6. The zero-order valence-electron chi connectivity index (χ0n) is 17.1. The van der Waals surface area contributed by atoms with Crippen LogP contribution in [0.1, 0.15) is 54.6 Å². The normalized spacial score (nSPS) is 14.4. The summed E-state index contributed by atoms with van der Waals surface area (Å²) in [6, 6.07) is 16.2. The minimum Gasteiger partial charge on any atom is -0.491 e. The molecule has 0 radical (unpaired) electrons. The fourth-order valence-electron chi connectivity index (χ4n) is 3.56. The molecule has 0 aromatic heterocycles. The number of likely N-dealkylation sites (tertiary alicyclic amines) is 1. The summed E-state index contributed by atoms with van der Waals surface area (Å²) in [5, 5.41) is 3.03. The van der Waals surface area contributed by atoms with Crippen molar-refractivity contribution >= 4 is 5.91 Å². The van der Waals surface area contributed by atoms with Gasteiger partial charge in [-0.05, 0) is 88.0 Å². The second kappa shape index (κ2) is 10.3. The van der Waals surface area contributed by atoms with E-state index in [0.29, 0.717) is 6.54 Å². The second-order valence-corrected chi connectivity index (χ2v) is 7.85. The summed E-state index contributed by atoms with van der Waals surface area (Å²) < 4.78 is 5.66. The summed E-state index contributed by atoms with van der Waals surface area (Å²) in [6.45, 7) is 8.10. The summed E-state index contributed by atoms with van der Waals surface area (Å²) in [4.78, 5) is 14.8. The molecule has 3 rings (SSSR count). The Balaban J connectivity index is 1.38. The minimum atomic E-state index is 0.00778. The molecule has 0 unspecified atom stereocenters. The highest BCUT2D eigenvalue weighted by molar-refractivity contribution is 5.94. The molecule has 1 fully saturated rings. The lowest BCUT2D eigenvalue weighted by molar-refractivity contribution is 0.0953. The molecule has 1 aliphatic heterocycles. The number of hydrogen-bond donors (Lipinski definition) is 1. The first kappa shape index (κ1) is 20.4. The van der Waals surface area contributed by atoms with Crippen LogP contribution in [0.2, 0.25) is 0 Å². The predicted octanol–water partition coefficient (Wildman–Crippen LogP) is 4.43. The zero-order chi connectivity index (χ0) is 19.8. The van der Waals surface area contributed by atoms with Crippen molar-refractivity contribution in [2.45, 2.75) is 52.2 Å². The van der Waals surface area contributed by atoms with Gasteiger partial charge in [-0.1, -0.05) is 24.3 Å². The van der Waals surface area contributed by atoms with E-state index in [1.807, 2.05) is 38.1 Å². The van der Waals surface area contributed by atoms with Crippen LogP contribution in [0, 0.1) is 0 Å². The van der Waals surface area contributed by atoms with E-state index in [1.165, 1.54) is 37.1 Å². The smallest absolute Gasteiger partial charge is 0.251 e. The van der Waals surface area contributed by atoms with Crippen LogP contribution >= 0.6 is 0 Å². The Morgan fingerprint density at radius 2 is 1.64 bits per heavy atom. The van der Waals surface area contributed by atoms with E-state index < -0.39 is 0 Å². The third kappa shape index (κ3) is 6.38. The lowest BCUT2D eigenvalue weighted by Gasteiger charge is -2.14. The lowest BCUT2D eigenvalue weighted by Crippen LogP contribution is -2.25. The van der Waals surface area contributed by atoms with Gasteiger partial charge in [-0.3, -0.25) is 9.69 Å². The fraction of sp³-hybridized carbons (Fsp3) is 0.458. The van der Waals surface area contributed by atoms with E-state index in [1.54, 1.807) is 0 Å². The van der Waals surface area contributed by atoms with Gasteiger partial charge in [0.1, 0.15) is 5.75 Å². The monoisotopic (exact) mass is 380 g/mol. The van der Waals surface area contributed by atoms with Crippen molar-refractivity contribution in [2.75, 3.05) is 19.6 Å². The van der Waals surface area contributed by atoms with E-state index >= 15 is 0 Å². The molecule has 1 N–H and O–H groups in total. The average molecular weight is 381 g/mol. The van der Waals surface area contributed by atoms with Gasteiger partial charge in [-0.2, -0.15) is 0 Å². The topological polar surface area (TPSA) is 41.6 Å². The molecule has 0 spiro atoms. The van der Waals surface area contributed by atoms with Crippen molar-refractivity contribution in [1.29, 1.82) is 0 Å². The Kier molecular flexibility index (Phi) is 7.49. The van der Waals surface area contributed by atoms with E-state index in [-0.39, 0.29) is 12.0 Å². The Labute approximate surface area is 168 Å². The highest BCUT2D eigenvalue weighted by atomic mass is 16.5. The molecule has 2 aromatic carbocycles. The molecule has 2 aromatic rings. The van der Waals surface area contributed by atoms with Gasteiger partial charge in [-0.25, -0.2) is 0 Å². The first-order valence-corrected chi connectivity index (χ1v) is 10.5. The standard InChI is InChI=1S/C24H32N2O2/c1-19(2)28-23-13-9-20(10-14-23)6-5-15-25-24(27)22-11-7-21(8-12-22)18-26-16-3-4-17-26/h7-14,19H,3-6,15-18H2,1-2H3,(H,25,27). The number of carbonyl (C=O) groups excluding carboxylic acids is 1. The summed E-state index contributed by atoms with van der Waals surface area (Å²) >= 11 is 0. The molecular weight excluding hydrogens is 348 g/mol. The molecule has 1 amide bonds. The van der Waals surface area contributed by atoms with Crippen LogP contribution in [0.15, 0.2) is 48.5 Å². The van der Waals surface area contributed by atoms with Crippen LogP contribution in [-0.2, 0) is 13.0 Å². The maximum atomic E-state index is 12.3. The van der Waals surface area contributed by atoms with Gasteiger partial charge >= 0.3 is 0 Å². The number of amides is 1. The van der Waals surface area contributed by atoms with Crippen molar-refractivity contribution < 1.29 is 9.53 Å². The molecule has 0 bridgehead atoms. The Hall–Kier alpha value is -2.33. The van der Waals surface area contributed by atoms with Crippen LogP contribution in [0.3, 0.4) is 0 Å². The maximum absolute atomic E-state index is 12.3. The first-order valence-electron chi connectivity index (χ1n) is 10.5. The fourth-order valence-corrected chi connectivity index (χ4v) is 3.56. The summed E-state index contributed by atoms with van der Waals surface area (Å²) in [5.41, 5.74) is 3.28. The Morgan fingerprint density at radius 1 is 1.00 bits per heavy atom. The van der Waals surface area contributed by atoms with Crippen LogP contribution in [0.25, 0.3) is 0 Å². The van der Waals surface area contributed by atoms with Crippen molar-refractivity contribution in [1.82, 2.24) is 10.2 Å². The lowest BCUT2D eigenvalue weighted by atomic mass is 10.1. The molecule has 0 atom stereocenters. The molecule has 28 heavy (non-hydrogen) atoms. The third-order valence-corrected chi connectivity index (χ3v) is 5.04. The van der Waals surface area contributed by atoms with Gasteiger partial charge < -0.3 is 10.1 Å². The molecule has 1 heterocycles. The van der Waals surface area contributed by atoms with Crippen molar-refractivity contribution in [2.24, 2.45) is 0 Å². The number of nitrogens with one attached hydrogen (secondary N) is 1. The Bertz CT molecular complexity index is 732. The molecule has 4 heteroatoms. The predicted molar refractivity (Wildman–Crippen MR) is 114 cm³/mol. The van der Waals surface area contributed by atoms with Crippen molar-refractivity contribution in [3.05, 3.63) is 65.2 Å². The molecule has 0 aliphatic carbocycles. The molecule has 0 saturated carbocycles. The molecule has 1 aliphatic rings. The van der Waals surface area contributed by atoms with E-state index in [9.17, 15) is 4.79 Å². The quantitative estimate of drug-likeness (QED) is 0.654. The van der Waals surface area contributed by atoms with Crippen LogP contribution in [0.4, 0.5) is 0 Å². The SMILES string of the molecule is CC(C)Oc1ccc(CCCNC(=O)c2ccc(CN3CCCC3)cc2)cc1. The minimum absolute atomic E-state index is 0.00778.